The lowest BCUT2D eigenvalue weighted by molar-refractivity contribution is 0.243. The van der Waals surface area contributed by atoms with E-state index < -0.39 is 0 Å². The van der Waals surface area contributed by atoms with Crippen LogP contribution in [0.15, 0.2) is 0 Å². The van der Waals surface area contributed by atoms with Crippen molar-refractivity contribution in [2.75, 3.05) is 31.1 Å². The van der Waals surface area contributed by atoms with Crippen LogP contribution in [0.25, 0.3) is 0 Å². The van der Waals surface area contributed by atoms with Gasteiger partial charge >= 0.3 is 0 Å². The second-order valence-corrected chi connectivity index (χ2v) is 5.82. The Hall–Kier alpha value is -2.53. The van der Waals surface area contributed by atoms with Gasteiger partial charge in [-0.15, -0.1) is 5.10 Å². The van der Waals surface area contributed by atoms with E-state index in [0.717, 1.165) is 55.6 Å². The lowest BCUT2D eigenvalue weighted by Crippen LogP contribution is -2.46. The van der Waals surface area contributed by atoms with E-state index in [-0.39, 0.29) is 0 Å². The average molecular weight is 312 g/mol. The van der Waals surface area contributed by atoms with Gasteiger partial charge in [-0.05, 0) is 26.3 Å². The summed E-state index contributed by atoms with van der Waals surface area (Å²) in [4.78, 5) is 8.79. The van der Waals surface area contributed by atoms with Crippen molar-refractivity contribution in [3.05, 3.63) is 28.5 Å². The largest absolute Gasteiger partial charge is 0.351 e. The maximum atomic E-state index is 9.43. The van der Waals surface area contributed by atoms with E-state index in [0.29, 0.717) is 11.4 Å². The molecule has 0 unspecified atom stereocenters. The van der Waals surface area contributed by atoms with Crippen LogP contribution in [0.4, 0.5) is 5.82 Å². The number of aryl methyl sites for hydroxylation is 2. The third-order valence-corrected chi connectivity index (χ3v) is 4.23. The third kappa shape index (κ3) is 3.14. The quantitative estimate of drug-likeness (QED) is 0.891. The fourth-order valence-electron chi connectivity index (χ4n) is 2.73. The number of nitrogens with zero attached hydrogens (tertiary/aromatic N) is 7. The molecule has 120 valence electrons. The van der Waals surface area contributed by atoms with E-state index >= 15 is 0 Å². The monoisotopic (exact) mass is 312 g/mol. The maximum Gasteiger partial charge on any atom is 0.169 e. The summed E-state index contributed by atoms with van der Waals surface area (Å²) in [7, 11) is 0. The zero-order valence-corrected chi connectivity index (χ0v) is 13.7. The Morgan fingerprint density at radius 1 is 1.13 bits per heavy atom. The molecule has 1 aliphatic rings. The summed E-state index contributed by atoms with van der Waals surface area (Å²) in [5.74, 6) is 2.35. The smallest absolute Gasteiger partial charge is 0.169 e. The van der Waals surface area contributed by atoms with E-state index in [9.17, 15) is 5.26 Å². The first-order chi connectivity index (χ1) is 11.1. The van der Waals surface area contributed by atoms with Crippen molar-refractivity contribution >= 4 is 5.82 Å². The number of aromatic amines is 1. The zero-order valence-electron chi connectivity index (χ0n) is 13.7. The summed E-state index contributed by atoms with van der Waals surface area (Å²) >= 11 is 0. The molecule has 1 aliphatic heterocycles. The SMILES string of the molecule is Cc1nc(CN2CCN(c3nnc(C)c(C)c3C#N)CC2)n[nH]1. The summed E-state index contributed by atoms with van der Waals surface area (Å²) < 4.78 is 0. The van der Waals surface area contributed by atoms with Gasteiger partial charge in [-0.3, -0.25) is 10.00 Å². The Balaban J connectivity index is 1.67. The molecule has 1 fully saturated rings. The predicted molar refractivity (Wildman–Crippen MR) is 84.8 cm³/mol. The molecule has 23 heavy (non-hydrogen) atoms. The van der Waals surface area contributed by atoms with Crippen LogP contribution in [-0.4, -0.2) is 56.5 Å². The van der Waals surface area contributed by atoms with Crippen molar-refractivity contribution in [1.82, 2.24) is 30.3 Å². The number of rotatable bonds is 3. The minimum atomic E-state index is 0.635. The van der Waals surface area contributed by atoms with Gasteiger partial charge in [0.05, 0.1) is 12.2 Å². The Morgan fingerprint density at radius 3 is 2.48 bits per heavy atom. The number of H-pyrrole nitrogens is 1. The molecular weight excluding hydrogens is 292 g/mol. The molecule has 0 amide bonds. The molecule has 8 heteroatoms. The van der Waals surface area contributed by atoms with Gasteiger partial charge < -0.3 is 4.90 Å². The molecular formula is C15H20N8. The number of nitriles is 1. The molecule has 0 radical (unpaired) electrons. The highest BCUT2D eigenvalue weighted by molar-refractivity contribution is 5.57. The molecule has 8 nitrogen and oxygen atoms in total. The van der Waals surface area contributed by atoms with Crippen LogP contribution in [-0.2, 0) is 6.54 Å². The van der Waals surface area contributed by atoms with Crippen molar-refractivity contribution < 1.29 is 0 Å². The Kier molecular flexibility index (Phi) is 4.21. The van der Waals surface area contributed by atoms with E-state index in [4.69, 9.17) is 0 Å². The second-order valence-electron chi connectivity index (χ2n) is 5.82. The standard InChI is InChI=1S/C15H20N8/c1-10-11(2)18-21-15(13(10)8-16)23-6-4-22(5-7-23)9-14-17-12(3)19-20-14/h4-7,9H2,1-3H3,(H,17,19,20). The van der Waals surface area contributed by atoms with Crippen LogP contribution in [0.2, 0.25) is 0 Å². The molecule has 0 atom stereocenters. The van der Waals surface area contributed by atoms with E-state index in [1.807, 2.05) is 20.8 Å². The first-order valence-corrected chi connectivity index (χ1v) is 7.67. The van der Waals surface area contributed by atoms with E-state index in [1.54, 1.807) is 0 Å². The first-order valence-electron chi connectivity index (χ1n) is 7.67. The topological polar surface area (TPSA) is 97.6 Å². The highest BCUT2D eigenvalue weighted by Crippen LogP contribution is 2.22. The van der Waals surface area contributed by atoms with Gasteiger partial charge in [-0.2, -0.15) is 15.5 Å². The predicted octanol–water partition coefficient (Wildman–Crippen LogP) is 0.714. The third-order valence-electron chi connectivity index (χ3n) is 4.23. The van der Waals surface area contributed by atoms with Crippen LogP contribution >= 0.6 is 0 Å². The summed E-state index contributed by atoms with van der Waals surface area (Å²) in [5, 5.41) is 24.9. The number of aromatic nitrogens is 5. The molecule has 2 aromatic rings. The molecule has 1 N–H and O–H groups in total. The molecule has 0 spiro atoms. The lowest BCUT2D eigenvalue weighted by Gasteiger charge is -2.35. The van der Waals surface area contributed by atoms with Crippen molar-refractivity contribution in [2.45, 2.75) is 27.3 Å². The van der Waals surface area contributed by atoms with E-state index in [1.165, 1.54) is 0 Å². The van der Waals surface area contributed by atoms with Gasteiger partial charge in [0.25, 0.3) is 0 Å². The fourth-order valence-corrected chi connectivity index (χ4v) is 2.73. The van der Waals surface area contributed by atoms with E-state index in [2.05, 4.69) is 41.2 Å². The molecule has 0 aliphatic carbocycles. The van der Waals surface area contributed by atoms with Gasteiger partial charge in [-0.1, -0.05) is 0 Å². The van der Waals surface area contributed by atoms with Gasteiger partial charge in [-0.25, -0.2) is 4.98 Å². The summed E-state index contributed by atoms with van der Waals surface area (Å²) in [6, 6.07) is 2.27. The second kappa shape index (κ2) is 6.30. The number of hydrogen-bond acceptors (Lipinski definition) is 7. The highest BCUT2D eigenvalue weighted by Gasteiger charge is 2.23. The zero-order chi connectivity index (χ0) is 16.4. The van der Waals surface area contributed by atoms with Crippen molar-refractivity contribution in [3.8, 4) is 6.07 Å². The highest BCUT2D eigenvalue weighted by atomic mass is 15.3. The number of nitrogens with one attached hydrogen (secondary N) is 1. The number of anilines is 1. The van der Waals surface area contributed by atoms with Gasteiger partial charge in [0.1, 0.15) is 17.5 Å². The normalized spacial score (nSPS) is 15.7. The van der Waals surface area contributed by atoms with Crippen LogP contribution in [0.1, 0.15) is 28.5 Å². The molecule has 3 rings (SSSR count). The molecule has 1 saturated heterocycles. The summed E-state index contributed by atoms with van der Waals surface area (Å²) in [5.41, 5.74) is 2.36. The molecule has 0 aromatic carbocycles. The average Bonchev–Trinajstić information content (AvgIpc) is 2.96. The fraction of sp³-hybridized carbons (Fsp3) is 0.533. The van der Waals surface area contributed by atoms with Crippen LogP contribution < -0.4 is 4.90 Å². The Morgan fingerprint density at radius 2 is 1.87 bits per heavy atom. The van der Waals surface area contributed by atoms with Crippen molar-refractivity contribution in [3.63, 3.8) is 0 Å². The van der Waals surface area contributed by atoms with Crippen LogP contribution in [0.5, 0.6) is 0 Å². The van der Waals surface area contributed by atoms with Crippen LogP contribution in [0.3, 0.4) is 0 Å². The van der Waals surface area contributed by atoms with Gasteiger partial charge in [0, 0.05) is 26.2 Å². The number of hydrogen-bond donors (Lipinski definition) is 1. The Labute approximate surface area is 135 Å². The van der Waals surface area contributed by atoms with Gasteiger partial charge in [0.15, 0.2) is 11.6 Å². The summed E-state index contributed by atoms with van der Waals surface area (Å²) in [6.45, 7) is 9.83. The molecule has 3 heterocycles. The lowest BCUT2D eigenvalue weighted by atomic mass is 10.1. The van der Waals surface area contributed by atoms with Crippen LogP contribution in [0, 0.1) is 32.1 Å². The number of piperazine rings is 1. The van der Waals surface area contributed by atoms with Crippen molar-refractivity contribution in [2.24, 2.45) is 0 Å². The summed E-state index contributed by atoms with van der Waals surface area (Å²) in [6.07, 6.45) is 0. The molecule has 0 bridgehead atoms. The molecule has 0 saturated carbocycles. The molecule has 2 aromatic heterocycles. The van der Waals surface area contributed by atoms with Gasteiger partial charge in [0.2, 0.25) is 0 Å². The minimum absolute atomic E-state index is 0.635. The van der Waals surface area contributed by atoms with Crippen molar-refractivity contribution in [1.29, 1.82) is 5.26 Å². The maximum absolute atomic E-state index is 9.43. The Bertz CT molecular complexity index is 736. The first kappa shape index (κ1) is 15.4. The minimum Gasteiger partial charge on any atom is -0.351 e.